The number of hydrogen-bond donors (Lipinski definition) is 6. The SMILES string of the molecule is N#CCC(C1CC1)n1cc(C(N)=O)c(Nc2cccc(CC#[N+]NC(=O)c3cn(C(CC#N)C4CC4)nc3Nc3cccc(CONC(=O)c4cn(C(CC#N)C5CC5)nc4Nc4ccc(F)cc4)c3)c2)n1. The van der Waals surface area contributed by atoms with Crippen molar-refractivity contribution in [3.05, 3.63) is 130 Å². The minimum atomic E-state index is -0.646. The van der Waals surface area contributed by atoms with Gasteiger partial charge in [0.25, 0.3) is 11.8 Å². The molecule has 3 saturated carbocycles. The third-order valence-corrected chi connectivity index (χ3v) is 12.8. The third-order valence-electron chi connectivity index (χ3n) is 12.8. The number of aromatic nitrogens is 6. The van der Waals surface area contributed by atoms with Crippen LogP contribution in [0.1, 0.15) is 118 Å². The molecule has 3 fully saturated rings. The first-order valence-corrected chi connectivity index (χ1v) is 23.6. The summed E-state index contributed by atoms with van der Waals surface area (Å²) >= 11 is 0. The molecule has 364 valence electrons. The largest absolute Gasteiger partial charge is 0.365 e. The van der Waals surface area contributed by atoms with Gasteiger partial charge < -0.3 is 21.7 Å². The Labute approximate surface area is 413 Å². The number of hydrogen-bond acceptors (Lipinski definition) is 13. The number of carbonyl (C=O) groups excluding carboxylic acids is 3. The maximum Gasteiger partial charge on any atom is 0.327 e. The molecule has 3 heterocycles. The molecule has 3 unspecified atom stereocenters. The molecule has 3 aliphatic carbocycles. The van der Waals surface area contributed by atoms with Crippen LogP contribution < -0.4 is 32.6 Å². The van der Waals surface area contributed by atoms with Crippen LogP contribution in [0.5, 0.6) is 0 Å². The summed E-state index contributed by atoms with van der Waals surface area (Å²) in [6.07, 6.45) is 11.5. The van der Waals surface area contributed by atoms with E-state index in [1.54, 1.807) is 56.9 Å². The van der Waals surface area contributed by atoms with E-state index in [1.807, 2.05) is 24.3 Å². The van der Waals surface area contributed by atoms with Crippen molar-refractivity contribution in [2.45, 2.75) is 88.9 Å². The first-order chi connectivity index (χ1) is 35.1. The van der Waals surface area contributed by atoms with Crippen molar-refractivity contribution in [1.82, 2.24) is 40.2 Å². The Hall–Kier alpha value is -9.05. The topological polar surface area (TPSA) is 276 Å². The Kier molecular flexibility index (Phi) is 14.5. The first-order valence-electron chi connectivity index (χ1n) is 23.6. The summed E-state index contributed by atoms with van der Waals surface area (Å²) in [5.41, 5.74) is 14.5. The molecule has 3 atom stereocenters. The number of hydroxylamine groups is 1. The highest BCUT2D eigenvalue weighted by atomic mass is 19.1. The average Bonchev–Trinajstić information content (AvgIpc) is 4.32. The van der Waals surface area contributed by atoms with Gasteiger partial charge in [-0.3, -0.25) is 33.3 Å². The Bertz CT molecular complexity index is 3170. The lowest BCUT2D eigenvalue weighted by molar-refractivity contribution is 0.0234. The highest BCUT2D eigenvalue weighted by Gasteiger charge is 2.36. The Morgan fingerprint density at radius 1 is 0.653 bits per heavy atom. The zero-order valence-corrected chi connectivity index (χ0v) is 39.0. The van der Waals surface area contributed by atoms with E-state index < -0.39 is 23.5 Å². The van der Waals surface area contributed by atoms with E-state index in [9.17, 15) is 34.6 Å². The zero-order chi connectivity index (χ0) is 50.1. The van der Waals surface area contributed by atoms with Crippen molar-refractivity contribution in [1.29, 1.82) is 15.8 Å². The quantitative estimate of drug-likeness (QED) is 0.0349. The molecule has 6 aromatic rings. The summed E-state index contributed by atoms with van der Waals surface area (Å²) in [6, 6.07) is 29.1. The van der Waals surface area contributed by atoms with Crippen LogP contribution in [0.25, 0.3) is 4.95 Å². The van der Waals surface area contributed by atoms with Gasteiger partial charge in [0, 0.05) is 35.7 Å². The van der Waals surface area contributed by atoms with Crippen molar-refractivity contribution in [3.63, 3.8) is 0 Å². The number of benzene rings is 3. The van der Waals surface area contributed by atoms with E-state index >= 15 is 0 Å². The number of rotatable bonds is 22. The molecule has 0 spiro atoms. The van der Waals surface area contributed by atoms with Crippen molar-refractivity contribution >= 4 is 52.2 Å². The van der Waals surface area contributed by atoms with E-state index in [1.165, 1.54) is 24.3 Å². The number of halogens is 1. The second kappa shape index (κ2) is 21.7. The van der Waals surface area contributed by atoms with Crippen LogP contribution in [0.4, 0.5) is 38.9 Å². The fourth-order valence-corrected chi connectivity index (χ4v) is 8.59. The Morgan fingerprint density at radius 2 is 1.11 bits per heavy atom. The molecular formula is C51H50FN16O4+. The van der Waals surface area contributed by atoms with E-state index in [4.69, 9.17) is 15.7 Å². The first kappa shape index (κ1) is 48.0. The number of nitrogens with two attached hydrogens (primary N) is 1. The fraction of sp³-hybridized carbons (Fsp3) is 0.333. The van der Waals surface area contributed by atoms with Crippen molar-refractivity contribution in [3.8, 4) is 24.3 Å². The van der Waals surface area contributed by atoms with Gasteiger partial charge in [0.05, 0.1) is 67.2 Å². The highest BCUT2D eigenvalue weighted by molar-refractivity contribution is 6.00. The van der Waals surface area contributed by atoms with Crippen LogP contribution in [0.3, 0.4) is 0 Å². The fourth-order valence-electron chi connectivity index (χ4n) is 8.59. The number of nitrogens with one attached hydrogen (secondary N) is 5. The molecule has 20 nitrogen and oxygen atoms in total. The number of carbonyl (C=O) groups is 3. The number of anilines is 6. The molecule has 21 heteroatoms. The van der Waals surface area contributed by atoms with Crippen LogP contribution in [0.2, 0.25) is 0 Å². The zero-order valence-electron chi connectivity index (χ0n) is 39.0. The van der Waals surface area contributed by atoms with E-state index in [2.05, 4.69) is 66.3 Å². The maximum atomic E-state index is 13.8. The van der Waals surface area contributed by atoms with E-state index in [0.29, 0.717) is 28.5 Å². The van der Waals surface area contributed by atoms with Crippen LogP contribution in [-0.4, -0.2) is 47.1 Å². The Morgan fingerprint density at radius 3 is 1.61 bits per heavy atom. The summed E-state index contributed by atoms with van der Waals surface area (Å²) in [7, 11) is 0. The number of amides is 3. The molecule has 3 aromatic heterocycles. The van der Waals surface area contributed by atoms with Crippen LogP contribution in [0, 0.1) is 63.6 Å². The predicted molar refractivity (Wildman–Crippen MR) is 261 cm³/mol. The average molecular weight is 970 g/mol. The molecule has 0 saturated heterocycles. The van der Waals surface area contributed by atoms with Gasteiger partial charge in [-0.05, 0) is 121 Å². The molecule has 0 bridgehead atoms. The maximum absolute atomic E-state index is 13.8. The lowest BCUT2D eigenvalue weighted by atomic mass is 10.1. The lowest BCUT2D eigenvalue weighted by Gasteiger charge is -2.13. The standard InChI is InChI=1S/C51H49FN16O4/c52-36-13-15-37(16-14-36)58-49-42(29-68(64-49)45(19-23-55)35-11-12-35)51(71)65-72-30-32-4-2-6-39(26-32)60-48-41(28-67(63-48)44(18-22-54)34-9-10-34)50(70)61-57-24-20-31-3-1-5-38(25-31)59-47-40(46(56)69)27-66(62-47)43(17-21-53)33-7-8-33/h1-6,13-16,25-29,33-35,43-45H,7-12,17-20,30H2,(H6-,56,58,59,60,61,62,63,64,65,69,70,71)/p+1. The third kappa shape index (κ3) is 11.9. The smallest absolute Gasteiger partial charge is 0.327 e. The van der Waals surface area contributed by atoms with Crippen LogP contribution in [0.15, 0.2) is 91.4 Å². The molecule has 0 aliphatic heterocycles. The molecule has 3 aromatic carbocycles. The van der Waals surface area contributed by atoms with Gasteiger partial charge in [0.2, 0.25) is 0 Å². The summed E-state index contributed by atoms with van der Waals surface area (Å²) in [4.78, 5) is 49.5. The van der Waals surface area contributed by atoms with Crippen molar-refractivity contribution in [2.24, 2.45) is 23.5 Å². The second-order valence-electron chi connectivity index (χ2n) is 18.2. The van der Waals surface area contributed by atoms with Gasteiger partial charge in [-0.25, -0.2) is 9.87 Å². The van der Waals surface area contributed by atoms with E-state index in [-0.39, 0.29) is 96.4 Å². The van der Waals surface area contributed by atoms with Gasteiger partial charge in [-0.1, -0.05) is 24.3 Å². The van der Waals surface area contributed by atoms with Gasteiger partial charge in [0.15, 0.2) is 17.5 Å². The summed E-state index contributed by atoms with van der Waals surface area (Å²) < 4.78 is 18.6. The highest BCUT2D eigenvalue weighted by Crippen LogP contribution is 2.44. The van der Waals surface area contributed by atoms with Gasteiger partial charge in [-0.15, -0.1) is 0 Å². The number of primary amides is 1. The molecule has 3 aliphatic rings. The van der Waals surface area contributed by atoms with Gasteiger partial charge >= 0.3 is 12.0 Å². The lowest BCUT2D eigenvalue weighted by Crippen LogP contribution is -2.24. The summed E-state index contributed by atoms with van der Waals surface area (Å²) in [5, 5.41) is 52.0. The molecule has 72 heavy (non-hydrogen) atoms. The predicted octanol–water partition coefficient (Wildman–Crippen LogP) is 8.42. The molecular weight excluding hydrogens is 920 g/mol. The summed E-state index contributed by atoms with van der Waals surface area (Å²) in [6.45, 7) is -0.0462. The normalized spacial score (nSPS) is 15.0. The summed E-state index contributed by atoms with van der Waals surface area (Å²) in [5.74, 6) is -0.625. The van der Waals surface area contributed by atoms with Crippen molar-refractivity contribution < 1.29 is 23.6 Å². The minimum Gasteiger partial charge on any atom is -0.365 e. The molecule has 0 radical (unpaired) electrons. The molecule has 3 amide bonds. The number of nitriles is 3. The Balaban J connectivity index is 0.855. The minimum absolute atomic E-state index is 0.0462. The van der Waals surface area contributed by atoms with Crippen LogP contribution >= 0.6 is 0 Å². The second-order valence-corrected chi connectivity index (χ2v) is 18.2. The van der Waals surface area contributed by atoms with Gasteiger partial charge in [-0.2, -0.15) is 31.1 Å². The van der Waals surface area contributed by atoms with Gasteiger partial charge in [0.1, 0.15) is 28.9 Å². The molecule has 9 rings (SSSR count). The monoisotopic (exact) mass is 969 g/mol. The molecule has 7 N–H and O–H groups in total. The number of nitrogens with zero attached hydrogens (tertiary/aromatic N) is 10. The van der Waals surface area contributed by atoms with Crippen molar-refractivity contribution in [2.75, 3.05) is 16.0 Å². The van der Waals surface area contributed by atoms with Crippen LogP contribution in [-0.2, 0) is 17.9 Å². The van der Waals surface area contributed by atoms with E-state index in [0.717, 1.165) is 44.1 Å².